The van der Waals surface area contributed by atoms with Crippen LogP contribution in [-0.4, -0.2) is 31.4 Å². The van der Waals surface area contributed by atoms with E-state index in [4.69, 9.17) is 9.47 Å². The molecule has 1 heterocycles. The van der Waals surface area contributed by atoms with Crippen LogP contribution < -0.4 is 10.1 Å². The van der Waals surface area contributed by atoms with Gasteiger partial charge in [0.2, 0.25) is 5.91 Å². The Morgan fingerprint density at radius 2 is 1.85 bits per heavy atom. The van der Waals surface area contributed by atoms with Gasteiger partial charge in [-0.3, -0.25) is 14.4 Å². The summed E-state index contributed by atoms with van der Waals surface area (Å²) >= 11 is 0. The number of hydrogen-bond donors (Lipinski definition) is 1. The first-order valence-corrected chi connectivity index (χ1v) is 8.74. The monoisotopic (exact) mass is 367 g/mol. The van der Waals surface area contributed by atoms with Crippen molar-refractivity contribution in [2.24, 2.45) is 0 Å². The molecule has 2 aromatic carbocycles. The van der Waals surface area contributed by atoms with Crippen molar-refractivity contribution in [3.63, 3.8) is 0 Å². The lowest BCUT2D eigenvalue weighted by Gasteiger charge is -2.07. The van der Waals surface area contributed by atoms with E-state index in [2.05, 4.69) is 5.32 Å². The number of rotatable bonds is 7. The summed E-state index contributed by atoms with van der Waals surface area (Å²) in [6.07, 6.45) is 0.723. The zero-order chi connectivity index (χ0) is 19.4. The van der Waals surface area contributed by atoms with Gasteiger partial charge in [-0.1, -0.05) is 12.1 Å². The van der Waals surface area contributed by atoms with Crippen LogP contribution in [-0.2, 0) is 20.7 Å². The van der Waals surface area contributed by atoms with Crippen LogP contribution in [0.25, 0.3) is 0 Å². The summed E-state index contributed by atoms with van der Waals surface area (Å²) in [7, 11) is 1.60. The minimum atomic E-state index is -0.425. The number of carbonyl (C=O) groups is 3. The van der Waals surface area contributed by atoms with Gasteiger partial charge in [0.05, 0.1) is 13.0 Å². The Bertz CT molecular complexity index is 873. The van der Waals surface area contributed by atoms with Gasteiger partial charge in [0.25, 0.3) is 0 Å². The van der Waals surface area contributed by atoms with Crippen LogP contribution in [0.2, 0.25) is 0 Å². The first kappa shape index (κ1) is 18.6. The Kier molecular flexibility index (Phi) is 5.54. The van der Waals surface area contributed by atoms with E-state index in [-0.39, 0.29) is 30.6 Å². The van der Waals surface area contributed by atoms with E-state index in [1.165, 1.54) is 0 Å². The topological polar surface area (TPSA) is 81.7 Å². The number of methoxy groups -OCH3 is 1. The molecule has 0 saturated carbocycles. The Labute approximate surface area is 157 Å². The van der Waals surface area contributed by atoms with Crippen molar-refractivity contribution in [2.45, 2.75) is 25.7 Å². The number of amides is 1. The molecular weight excluding hydrogens is 346 g/mol. The fourth-order valence-electron chi connectivity index (χ4n) is 2.93. The second kappa shape index (κ2) is 8.03. The highest BCUT2D eigenvalue weighted by Crippen LogP contribution is 2.32. The van der Waals surface area contributed by atoms with E-state index in [1.807, 2.05) is 24.3 Å². The average Bonchev–Trinajstić information content (AvgIpc) is 2.98. The molecule has 0 saturated heterocycles. The highest BCUT2D eigenvalue weighted by Gasteiger charge is 2.27. The number of aryl methyl sites for hydroxylation is 1. The maximum Gasteiger partial charge on any atom is 0.306 e. The Balaban J connectivity index is 1.50. The molecule has 1 aliphatic heterocycles. The number of ether oxygens (including phenoxy) is 2. The minimum Gasteiger partial charge on any atom is -0.497 e. The summed E-state index contributed by atoms with van der Waals surface area (Å²) in [5.74, 6) is -0.334. The van der Waals surface area contributed by atoms with Crippen molar-refractivity contribution in [1.82, 2.24) is 0 Å². The van der Waals surface area contributed by atoms with Crippen molar-refractivity contribution in [2.75, 3.05) is 19.0 Å². The third kappa shape index (κ3) is 4.34. The number of carbonyl (C=O) groups excluding carboxylic acids is 3. The van der Waals surface area contributed by atoms with Gasteiger partial charge in [-0.05, 0) is 54.8 Å². The third-order valence-corrected chi connectivity index (χ3v) is 4.63. The van der Waals surface area contributed by atoms with E-state index in [9.17, 15) is 14.4 Å². The number of ketones is 1. The standard InChI is InChI=1S/C21H21NO5/c1-13-17-11-15(6-9-18(17)22-21(13)25)19(23)12-27-20(24)10-5-14-3-7-16(26-2)8-4-14/h3-4,6-9,11,13H,5,10,12H2,1-2H3,(H,22,25)/t13-/m1/s1. The smallest absolute Gasteiger partial charge is 0.306 e. The second-order valence-corrected chi connectivity index (χ2v) is 6.44. The van der Waals surface area contributed by atoms with Crippen LogP contribution in [0.1, 0.15) is 40.7 Å². The molecule has 0 unspecified atom stereocenters. The number of esters is 1. The minimum absolute atomic E-state index is 0.0837. The molecule has 6 heteroatoms. The first-order chi connectivity index (χ1) is 13.0. The normalized spacial score (nSPS) is 15.0. The van der Waals surface area contributed by atoms with Crippen LogP contribution in [0.4, 0.5) is 5.69 Å². The zero-order valence-electron chi connectivity index (χ0n) is 15.3. The Morgan fingerprint density at radius 3 is 2.56 bits per heavy atom. The van der Waals surface area contributed by atoms with Crippen LogP contribution in [0.15, 0.2) is 42.5 Å². The first-order valence-electron chi connectivity index (χ1n) is 8.74. The summed E-state index contributed by atoms with van der Waals surface area (Å²) in [6.45, 7) is 1.48. The van der Waals surface area contributed by atoms with E-state index in [0.717, 1.165) is 22.6 Å². The van der Waals surface area contributed by atoms with Gasteiger partial charge in [0, 0.05) is 17.7 Å². The summed E-state index contributed by atoms with van der Waals surface area (Å²) in [5, 5.41) is 2.76. The molecule has 0 fully saturated rings. The van der Waals surface area contributed by atoms with Crippen molar-refractivity contribution in [1.29, 1.82) is 0 Å². The fraction of sp³-hybridized carbons (Fsp3) is 0.286. The van der Waals surface area contributed by atoms with Crippen molar-refractivity contribution in [3.05, 3.63) is 59.2 Å². The molecule has 1 aliphatic rings. The molecule has 0 radical (unpaired) electrons. The number of fused-ring (bicyclic) bond motifs is 1. The highest BCUT2D eigenvalue weighted by atomic mass is 16.5. The van der Waals surface area contributed by atoms with Crippen molar-refractivity contribution in [3.8, 4) is 5.75 Å². The van der Waals surface area contributed by atoms with Crippen molar-refractivity contribution >= 4 is 23.3 Å². The second-order valence-electron chi connectivity index (χ2n) is 6.44. The lowest BCUT2D eigenvalue weighted by molar-refractivity contribution is -0.142. The number of benzene rings is 2. The van der Waals surface area contributed by atoms with Gasteiger partial charge in [-0.15, -0.1) is 0 Å². The molecule has 0 aliphatic carbocycles. The SMILES string of the molecule is COc1ccc(CCC(=O)OCC(=O)c2ccc3c(c2)[C@@H](C)C(=O)N3)cc1. The van der Waals surface area contributed by atoms with Crippen LogP contribution in [0.3, 0.4) is 0 Å². The Morgan fingerprint density at radius 1 is 1.11 bits per heavy atom. The van der Waals surface area contributed by atoms with Gasteiger partial charge in [0.1, 0.15) is 5.75 Å². The van der Waals surface area contributed by atoms with E-state index in [0.29, 0.717) is 12.0 Å². The zero-order valence-corrected chi connectivity index (χ0v) is 15.3. The quantitative estimate of drug-likeness (QED) is 0.601. The number of anilines is 1. The Hall–Kier alpha value is -3.15. The van der Waals surface area contributed by atoms with Crippen LogP contribution in [0, 0.1) is 0 Å². The van der Waals surface area contributed by atoms with Crippen LogP contribution in [0.5, 0.6) is 5.75 Å². The third-order valence-electron chi connectivity index (χ3n) is 4.63. The predicted octanol–water partition coefficient (Wildman–Crippen LogP) is 3.11. The van der Waals surface area contributed by atoms with Crippen LogP contribution >= 0.6 is 0 Å². The fourth-order valence-corrected chi connectivity index (χ4v) is 2.93. The molecule has 3 rings (SSSR count). The lowest BCUT2D eigenvalue weighted by Crippen LogP contribution is -2.14. The molecule has 140 valence electrons. The maximum absolute atomic E-state index is 12.3. The summed E-state index contributed by atoms with van der Waals surface area (Å²) < 4.78 is 10.2. The van der Waals surface area contributed by atoms with Gasteiger partial charge in [-0.2, -0.15) is 0 Å². The van der Waals surface area contributed by atoms with E-state index >= 15 is 0 Å². The molecule has 27 heavy (non-hydrogen) atoms. The molecule has 0 aromatic heterocycles. The molecule has 0 bridgehead atoms. The number of hydrogen-bond acceptors (Lipinski definition) is 5. The predicted molar refractivity (Wildman–Crippen MR) is 100 cm³/mol. The van der Waals surface area contributed by atoms with Gasteiger partial charge in [0.15, 0.2) is 12.4 Å². The number of Topliss-reactive ketones (excluding diaryl/α,β-unsaturated/α-hetero) is 1. The lowest BCUT2D eigenvalue weighted by atomic mass is 9.99. The van der Waals surface area contributed by atoms with Gasteiger partial charge >= 0.3 is 5.97 Å². The van der Waals surface area contributed by atoms with E-state index in [1.54, 1.807) is 32.2 Å². The summed E-state index contributed by atoms with van der Waals surface area (Å²) in [6, 6.07) is 12.5. The molecule has 1 N–H and O–H groups in total. The molecular formula is C21H21NO5. The molecule has 2 aromatic rings. The largest absolute Gasteiger partial charge is 0.497 e. The molecule has 0 spiro atoms. The van der Waals surface area contributed by atoms with Gasteiger partial charge in [-0.25, -0.2) is 0 Å². The average molecular weight is 367 g/mol. The molecule has 1 amide bonds. The molecule has 1 atom stereocenters. The summed E-state index contributed by atoms with van der Waals surface area (Å²) in [4.78, 5) is 35.9. The van der Waals surface area contributed by atoms with E-state index < -0.39 is 5.97 Å². The van der Waals surface area contributed by atoms with Gasteiger partial charge < -0.3 is 14.8 Å². The van der Waals surface area contributed by atoms with Crippen molar-refractivity contribution < 1.29 is 23.9 Å². The summed E-state index contributed by atoms with van der Waals surface area (Å²) in [5.41, 5.74) is 2.93. The molecule has 6 nitrogen and oxygen atoms in total. The highest BCUT2D eigenvalue weighted by molar-refractivity contribution is 6.05. The number of nitrogens with one attached hydrogen (secondary N) is 1. The maximum atomic E-state index is 12.3.